The van der Waals surface area contributed by atoms with Gasteiger partial charge in [0.15, 0.2) is 0 Å². The first-order valence-electron chi connectivity index (χ1n) is 7.12. The fraction of sp³-hybridized carbons (Fsp3) is 0.533. The molecule has 5 nitrogen and oxygen atoms in total. The molecule has 1 aliphatic rings. The number of piperidine rings is 1. The van der Waals surface area contributed by atoms with Crippen molar-refractivity contribution >= 4 is 10.0 Å². The van der Waals surface area contributed by atoms with Gasteiger partial charge in [-0.1, -0.05) is 0 Å². The molecule has 6 heteroatoms. The van der Waals surface area contributed by atoms with Gasteiger partial charge in [0.25, 0.3) is 0 Å². The fourth-order valence-electron chi connectivity index (χ4n) is 2.71. The predicted molar refractivity (Wildman–Crippen MR) is 81.0 cm³/mol. The maximum atomic E-state index is 12.6. The van der Waals surface area contributed by atoms with Crippen LogP contribution in [0, 0.1) is 24.2 Å². The molecule has 0 aliphatic carbocycles. The smallest absolute Gasteiger partial charge is 0.243 e. The Morgan fingerprint density at radius 1 is 1.38 bits per heavy atom. The van der Waals surface area contributed by atoms with Gasteiger partial charge >= 0.3 is 0 Å². The van der Waals surface area contributed by atoms with Gasteiger partial charge in [-0.25, -0.2) is 8.42 Å². The van der Waals surface area contributed by atoms with Gasteiger partial charge in [-0.15, -0.1) is 0 Å². The van der Waals surface area contributed by atoms with Crippen molar-refractivity contribution in [1.29, 1.82) is 5.26 Å². The molecule has 21 heavy (non-hydrogen) atoms. The summed E-state index contributed by atoms with van der Waals surface area (Å²) in [4.78, 5) is 0.262. The van der Waals surface area contributed by atoms with Crippen molar-refractivity contribution in [2.75, 3.05) is 13.1 Å². The summed E-state index contributed by atoms with van der Waals surface area (Å²) in [5.41, 5.74) is 7.07. The minimum Gasteiger partial charge on any atom is -0.328 e. The van der Waals surface area contributed by atoms with Gasteiger partial charge < -0.3 is 5.73 Å². The molecule has 2 rings (SSSR count). The van der Waals surface area contributed by atoms with Crippen molar-refractivity contribution in [1.82, 2.24) is 4.31 Å². The second kappa shape index (κ2) is 6.14. The van der Waals surface area contributed by atoms with Crippen molar-refractivity contribution in [2.45, 2.75) is 37.6 Å². The van der Waals surface area contributed by atoms with Crippen LogP contribution in [0.5, 0.6) is 0 Å². The van der Waals surface area contributed by atoms with E-state index in [9.17, 15) is 8.42 Å². The molecule has 1 aromatic carbocycles. The topological polar surface area (TPSA) is 87.2 Å². The Bertz CT molecular complexity index is 654. The molecule has 1 unspecified atom stereocenters. The van der Waals surface area contributed by atoms with E-state index in [1.807, 2.05) is 13.0 Å². The summed E-state index contributed by atoms with van der Waals surface area (Å²) in [6.45, 7) is 4.74. The third kappa shape index (κ3) is 3.26. The lowest BCUT2D eigenvalue weighted by Gasteiger charge is -2.33. The molecular formula is C15H21N3O2S. The highest BCUT2D eigenvalue weighted by molar-refractivity contribution is 7.89. The quantitative estimate of drug-likeness (QED) is 0.919. The Hall–Kier alpha value is -1.42. The largest absolute Gasteiger partial charge is 0.328 e. The van der Waals surface area contributed by atoms with Crippen LogP contribution in [0.3, 0.4) is 0 Å². The number of rotatable bonds is 3. The highest BCUT2D eigenvalue weighted by Crippen LogP contribution is 2.26. The number of nitrogens with two attached hydrogens (primary N) is 1. The maximum Gasteiger partial charge on any atom is 0.243 e. The van der Waals surface area contributed by atoms with Gasteiger partial charge in [-0.05, 0) is 56.4 Å². The minimum atomic E-state index is -3.48. The molecule has 1 aromatic rings. The molecule has 0 amide bonds. The number of sulfonamides is 1. The highest BCUT2D eigenvalue weighted by atomic mass is 32.2. The molecule has 0 spiro atoms. The van der Waals surface area contributed by atoms with Gasteiger partial charge in [0, 0.05) is 19.1 Å². The molecule has 1 atom stereocenters. The molecule has 1 heterocycles. The molecule has 1 fully saturated rings. The van der Waals surface area contributed by atoms with E-state index in [-0.39, 0.29) is 10.9 Å². The van der Waals surface area contributed by atoms with E-state index < -0.39 is 10.0 Å². The molecule has 0 aromatic heterocycles. The third-order valence-corrected chi connectivity index (χ3v) is 6.09. The average Bonchev–Trinajstić information content (AvgIpc) is 2.47. The lowest BCUT2D eigenvalue weighted by Crippen LogP contribution is -2.42. The zero-order valence-electron chi connectivity index (χ0n) is 12.4. The van der Waals surface area contributed by atoms with Crippen LogP contribution >= 0.6 is 0 Å². The second-order valence-electron chi connectivity index (χ2n) is 5.69. The summed E-state index contributed by atoms with van der Waals surface area (Å²) in [5.74, 6) is 0.388. The number of benzene rings is 1. The van der Waals surface area contributed by atoms with Crippen LogP contribution < -0.4 is 5.73 Å². The molecule has 1 aliphatic heterocycles. The number of hydrogen-bond acceptors (Lipinski definition) is 4. The summed E-state index contributed by atoms with van der Waals surface area (Å²) in [6, 6.07) is 6.81. The van der Waals surface area contributed by atoms with Crippen molar-refractivity contribution in [3.63, 3.8) is 0 Å². The summed E-state index contributed by atoms with van der Waals surface area (Å²) in [6.07, 6.45) is 1.60. The average molecular weight is 307 g/mol. The van der Waals surface area contributed by atoms with E-state index in [2.05, 4.69) is 0 Å². The number of nitrogens with zero attached hydrogens (tertiary/aromatic N) is 2. The first-order valence-corrected chi connectivity index (χ1v) is 8.56. The van der Waals surface area contributed by atoms with E-state index in [0.29, 0.717) is 30.1 Å². The van der Waals surface area contributed by atoms with Gasteiger partial charge in [-0.3, -0.25) is 0 Å². The Morgan fingerprint density at radius 2 is 2.00 bits per heavy atom. The summed E-state index contributed by atoms with van der Waals surface area (Å²) < 4.78 is 26.8. The Morgan fingerprint density at radius 3 is 2.48 bits per heavy atom. The monoisotopic (exact) mass is 307 g/mol. The van der Waals surface area contributed by atoms with Gasteiger partial charge in [0.1, 0.15) is 0 Å². The number of nitriles is 1. The highest BCUT2D eigenvalue weighted by Gasteiger charge is 2.30. The maximum absolute atomic E-state index is 12.6. The zero-order valence-corrected chi connectivity index (χ0v) is 13.2. The van der Waals surface area contributed by atoms with Crippen LogP contribution in [0.1, 0.15) is 30.9 Å². The zero-order chi connectivity index (χ0) is 15.6. The van der Waals surface area contributed by atoms with Crippen LogP contribution in [0.15, 0.2) is 23.1 Å². The van der Waals surface area contributed by atoms with E-state index in [4.69, 9.17) is 11.0 Å². The minimum absolute atomic E-state index is 0.104. The van der Waals surface area contributed by atoms with Crippen LogP contribution in [0.2, 0.25) is 0 Å². The molecule has 2 N–H and O–H groups in total. The van der Waals surface area contributed by atoms with Crippen molar-refractivity contribution in [3.8, 4) is 6.07 Å². The van der Waals surface area contributed by atoms with E-state index in [0.717, 1.165) is 12.8 Å². The number of aryl methyl sites for hydroxylation is 1. The first-order chi connectivity index (χ1) is 9.86. The van der Waals surface area contributed by atoms with Crippen molar-refractivity contribution < 1.29 is 8.42 Å². The van der Waals surface area contributed by atoms with Gasteiger partial charge in [0.2, 0.25) is 10.0 Å². The van der Waals surface area contributed by atoms with Gasteiger partial charge in [-0.2, -0.15) is 9.57 Å². The van der Waals surface area contributed by atoms with E-state index in [1.165, 1.54) is 10.4 Å². The van der Waals surface area contributed by atoms with Crippen LogP contribution in [0.25, 0.3) is 0 Å². The van der Waals surface area contributed by atoms with Gasteiger partial charge in [0.05, 0.1) is 16.5 Å². The molecular weight excluding hydrogens is 286 g/mol. The second-order valence-corrected chi connectivity index (χ2v) is 7.63. The fourth-order valence-corrected chi connectivity index (χ4v) is 4.27. The molecule has 114 valence electrons. The Kier molecular flexibility index (Phi) is 4.67. The van der Waals surface area contributed by atoms with Crippen LogP contribution in [0.4, 0.5) is 0 Å². The molecule has 0 bridgehead atoms. The first kappa shape index (κ1) is 16.0. The standard InChI is InChI=1S/C15H21N3O2S/c1-11-9-15(4-3-14(11)10-16)21(19,20)18-7-5-13(6-8-18)12(2)17/h3-4,9,12-13H,5-8,17H2,1-2H3. The van der Waals surface area contributed by atoms with Crippen LogP contribution in [-0.2, 0) is 10.0 Å². The van der Waals surface area contributed by atoms with Crippen LogP contribution in [-0.4, -0.2) is 31.9 Å². The van der Waals surface area contributed by atoms with Crippen molar-refractivity contribution in [2.24, 2.45) is 11.7 Å². The van der Waals surface area contributed by atoms with E-state index >= 15 is 0 Å². The molecule has 0 radical (unpaired) electrons. The summed E-state index contributed by atoms with van der Waals surface area (Å²) in [7, 11) is -3.48. The third-order valence-electron chi connectivity index (χ3n) is 4.20. The van der Waals surface area contributed by atoms with Crippen molar-refractivity contribution in [3.05, 3.63) is 29.3 Å². The van der Waals surface area contributed by atoms with E-state index in [1.54, 1.807) is 19.1 Å². The summed E-state index contributed by atoms with van der Waals surface area (Å²) >= 11 is 0. The SMILES string of the molecule is Cc1cc(S(=O)(=O)N2CCC(C(C)N)CC2)ccc1C#N. The lowest BCUT2D eigenvalue weighted by atomic mass is 9.92. The molecule has 1 saturated heterocycles. The lowest BCUT2D eigenvalue weighted by molar-refractivity contribution is 0.250. The summed E-state index contributed by atoms with van der Waals surface area (Å²) in [5, 5.41) is 8.92. The molecule has 0 saturated carbocycles. The predicted octanol–water partition coefficient (Wildman–Crippen LogP) is 1.61. The number of hydrogen-bond donors (Lipinski definition) is 1. The Labute approximate surface area is 126 Å². The Balaban J connectivity index is 2.20. The normalized spacial score (nSPS) is 19.1.